The van der Waals surface area contributed by atoms with Crippen LogP contribution in [0.4, 0.5) is 10.1 Å². The van der Waals surface area contributed by atoms with Crippen LogP contribution in [-0.4, -0.2) is 34.6 Å². The van der Waals surface area contributed by atoms with Crippen molar-refractivity contribution in [2.75, 3.05) is 18.8 Å². The minimum absolute atomic E-state index is 0.225. The van der Waals surface area contributed by atoms with E-state index in [1.807, 2.05) is 6.92 Å². The molecule has 0 spiro atoms. The molecule has 2 rings (SSSR count). The number of aliphatic hydroxyl groups is 1. The molecule has 0 unspecified atom stereocenters. The quantitative estimate of drug-likeness (QED) is 0.799. The smallest absolute Gasteiger partial charge is 0.254 e. The summed E-state index contributed by atoms with van der Waals surface area (Å²) in [5.41, 5.74) is 5.18. The SMILES string of the molecule is CCCC1(O)CN(C(=O)c2cc(N)cc(F)c2)C1. The number of anilines is 1. The first kappa shape index (κ1) is 12.8. The van der Waals surface area contributed by atoms with E-state index >= 15 is 0 Å². The number of carbonyl (C=O) groups is 1. The molecule has 1 aliphatic heterocycles. The molecule has 3 N–H and O–H groups in total. The fraction of sp³-hybridized carbons (Fsp3) is 0.462. The average molecular weight is 252 g/mol. The molecule has 0 bridgehead atoms. The van der Waals surface area contributed by atoms with Gasteiger partial charge in [0.05, 0.1) is 18.7 Å². The maximum atomic E-state index is 13.1. The van der Waals surface area contributed by atoms with Crippen LogP contribution in [0.1, 0.15) is 30.1 Å². The molecule has 0 aromatic heterocycles. The van der Waals surface area contributed by atoms with E-state index in [1.54, 1.807) is 0 Å². The van der Waals surface area contributed by atoms with Gasteiger partial charge in [-0.25, -0.2) is 4.39 Å². The minimum Gasteiger partial charge on any atom is -0.399 e. The van der Waals surface area contributed by atoms with Gasteiger partial charge in [0.25, 0.3) is 5.91 Å². The van der Waals surface area contributed by atoms with Crippen molar-refractivity contribution in [1.82, 2.24) is 4.90 Å². The van der Waals surface area contributed by atoms with Gasteiger partial charge in [0.1, 0.15) is 5.82 Å². The summed E-state index contributed by atoms with van der Waals surface area (Å²) in [5, 5.41) is 9.99. The zero-order valence-corrected chi connectivity index (χ0v) is 10.3. The number of benzene rings is 1. The number of likely N-dealkylation sites (tertiary alicyclic amines) is 1. The van der Waals surface area contributed by atoms with E-state index in [-0.39, 0.29) is 17.2 Å². The van der Waals surface area contributed by atoms with Gasteiger partial charge < -0.3 is 15.7 Å². The van der Waals surface area contributed by atoms with Crippen LogP contribution in [-0.2, 0) is 0 Å². The van der Waals surface area contributed by atoms with Crippen molar-refractivity contribution in [2.24, 2.45) is 0 Å². The second kappa shape index (κ2) is 4.57. The number of nitrogens with two attached hydrogens (primary N) is 1. The Kier molecular flexibility index (Phi) is 3.26. The highest BCUT2D eigenvalue weighted by Crippen LogP contribution is 2.27. The van der Waals surface area contributed by atoms with Gasteiger partial charge in [0.15, 0.2) is 0 Å². The summed E-state index contributed by atoms with van der Waals surface area (Å²) in [6, 6.07) is 3.78. The number of nitrogens with zero attached hydrogens (tertiary/aromatic N) is 1. The van der Waals surface area contributed by atoms with Crippen LogP contribution in [0.5, 0.6) is 0 Å². The number of β-amino-alcohol motifs (C(OH)–C–C–N with tert-alkyl or cyclic N) is 1. The van der Waals surface area contributed by atoms with E-state index < -0.39 is 11.4 Å². The topological polar surface area (TPSA) is 66.6 Å². The van der Waals surface area contributed by atoms with Gasteiger partial charge in [-0.3, -0.25) is 4.79 Å². The molecule has 1 aromatic carbocycles. The Balaban J connectivity index is 2.06. The molecule has 0 atom stereocenters. The molecule has 1 fully saturated rings. The third-order valence-electron chi connectivity index (χ3n) is 3.14. The van der Waals surface area contributed by atoms with E-state index in [1.165, 1.54) is 17.0 Å². The van der Waals surface area contributed by atoms with Crippen molar-refractivity contribution in [2.45, 2.75) is 25.4 Å². The van der Waals surface area contributed by atoms with E-state index in [0.29, 0.717) is 19.5 Å². The Labute approximate surface area is 105 Å². The summed E-state index contributed by atoms with van der Waals surface area (Å²) in [7, 11) is 0. The lowest BCUT2D eigenvalue weighted by molar-refractivity contribution is -0.0860. The monoisotopic (exact) mass is 252 g/mol. The first-order valence-electron chi connectivity index (χ1n) is 6.01. The normalized spacial score (nSPS) is 17.4. The Hall–Kier alpha value is -1.62. The van der Waals surface area contributed by atoms with Gasteiger partial charge in [-0.15, -0.1) is 0 Å². The zero-order valence-electron chi connectivity index (χ0n) is 10.3. The predicted octanol–water partition coefficient (Wildman–Crippen LogP) is 1.39. The minimum atomic E-state index is -0.775. The summed E-state index contributed by atoms with van der Waals surface area (Å²) in [6.45, 7) is 2.59. The number of rotatable bonds is 3. The first-order valence-corrected chi connectivity index (χ1v) is 6.01. The molecule has 98 valence electrons. The lowest BCUT2D eigenvalue weighted by Crippen LogP contribution is -2.63. The lowest BCUT2D eigenvalue weighted by Gasteiger charge is -2.46. The number of carbonyl (C=O) groups excluding carboxylic acids is 1. The molecule has 18 heavy (non-hydrogen) atoms. The number of nitrogen functional groups attached to an aromatic ring is 1. The summed E-state index contributed by atoms with van der Waals surface area (Å²) in [6.07, 6.45) is 1.54. The largest absolute Gasteiger partial charge is 0.399 e. The molecule has 1 aromatic rings. The van der Waals surface area contributed by atoms with Gasteiger partial charge in [0, 0.05) is 11.3 Å². The first-order chi connectivity index (χ1) is 8.43. The van der Waals surface area contributed by atoms with E-state index in [9.17, 15) is 14.3 Å². The Morgan fingerprint density at radius 1 is 1.50 bits per heavy atom. The van der Waals surface area contributed by atoms with Crippen molar-refractivity contribution >= 4 is 11.6 Å². The molecule has 5 heteroatoms. The second-order valence-corrected chi connectivity index (χ2v) is 4.91. The maximum absolute atomic E-state index is 13.1. The van der Waals surface area contributed by atoms with Gasteiger partial charge in [-0.1, -0.05) is 13.3 Å². The molecule has 1 heterocycles. The van der Waals surface area contributed by atoms with Crippen LogP contribution in [0.25, 0.3) is 0 Å². The summed E-state index contributed by atoms with van der Waals surface area (Å²) < 4.78 is 13.1. The Bertz CT molecular complexity index is 450. The molecule has 4 nitrogen and oxygen atoms in total. The highest BCUT2D eigenvalue weighted by molar-refractivity contribution is 5.95. The highest BCUT2D eigenvalue weighted by atomic mass is 19.1. The summed E-state index contributed by atoms with van der Waals surface area (Å²) >= 11 is 0. The molecular weight excluding hydrogens is 235 g/mol. The lowest BCUT2D eigenvalue weighted by atomic mass is 9.88. The fourth-order valence-corrected chi connectivity index (χ4v) is 2.35. The molecule has 0 saturated carbocycles. The molecule has 0 radical (unpaired) electrons. The molecule has 1 amide bonds. The number of hydrogen-bond donors (Lipinski definition) is 2. The Morgan fingerprint density at radius 3 is 2.72 bits per heavy atom. The van der Waals surface area contributed by atoms with Crippen molar-refractivity contribution in [3.8, 4) is 0 Å². The Morgan fingerprint density at radius 2 is 2.17 bits per heavy atom. The molecular formula is C13H17FN2O2. The van der Waals surface area contributed by atoms with E-state index in [4.69, 9.17) is 5.73 Å². The van der Waals surface area contributed by atoms with Crippen LogP contribution in [0.15, 0.2) is 18.2 Å². The standard InChI is InChI=1S/C13H17FN2O2/c1-2-3-13(18)7-16(8-13)12(17)9-4-10(14)6-11(15)5-9/h4-6,18H,2-3,7-8,15H2,1H3. The maximum Gasteiger partial charge on any atom is 0.254 e. The van der Waals surface area contributed by atoms with Crippen molar-refractivity contribution in [3.05, 3.63) is 29.6 Å². The highest BCUT2D eigenvalue weighted by Gasteiger charge is 2.42. The van der Waals surface area contributed by atoms with Crippen LogP contribution in [0.2, 0.25) is 0 Å². The summed E-state index contributed by atoms with van der Waals surface area (Å²) in [4.78, 5) is 13.5. The summed E-state index contributed by atoms with van der Waals surface area (Å²) in [5.74, 6) is -0.815. The van der Waals surface area contributed by atoms with Crippen molar-refractivity contribution < 1.29 is 14.3 Å². The fourth-order valence-electron chi connectivity index (χ4n) is 2.35. The third kappa shape index (κ3) is 2.46. The third-order valence-corrected chi connectivity index (χ3v) is 3.14. The van der Waals surface area contributed by atoms with Crippen molar-refractivity contribution in [3.63, 3.8) is 0 Å². The van der Waals surface area contributed by atoms with Gasteiger partial charge in [-0.05, 0) is 24.6 Å². The van der Waals surface area contributed by atoms with Gasteiger partial charge in [-0.2, -0.15) is 0 Å². The second-order valence-electron chi connectivity index (χ2n) is 4.91. The molecule has 0 aliphatic carbocycles. The van der Waals surface area contributed by atoms with E-state index in [0.717, 1.165) is 12.5 Å². The predicted molar refractivity (Wildman–Crippen MR) is 66.6 cm³/mol. The number of halogens is 1. The van der Waals surface area contributed by atoms with Crippen molar-refractivity contribution in [1.29, 1.82) is 0 Å². The average Bonchev–Trinajstić information content (AvgIpc) is 2.23. The van der Waals surface area contributed by atoms with E-state index in [2.05, 4.69) is 0 Å². The van der Waals surface area contributed by atoms with Crippen LogP contribution >= 0.6 is 0 Å². The molecule has 1 saturated heterocycles. The molecule has 1 aliphatic rings. The van der Waals surface area contributed by atoms with Gasteiger partial charge >= 0.3 is 0 Å². The van der Waals surface area contributed by atoms with Crippen LogP contribution in [0.3, 0.4) is 0 Å². The van der Waals surface area contributed by atoms with Gasteiger partial charge in [0.2, 0.25) is 0 Å². The number of hydrogen-bond acceptors (Lipinski definition) is 3. The number of amides is 1. The van der Waals surface area contributed by atoms with Crippen LogP contribution in [0, 0.1) is 5.82 Å². The van der Waals surface area contributed by atoms with Crippen LogP contribution < -0.4 is 5.73 Å². The zero-order chi connectivity index (χ0) is 13.3.